The molecule has 0 radical (unpaired) electrons. The normalized spacial score (nSPS) is 19.9. The van der Waals surface area contributed by atoms with Crippen molar-refractivity contribution in [1.82, 2.24) is 4.90 Å². The van der Waals surface area contributed by atoms with Crippen molar-refractivity contribution in [2.75, 3.05) is 31.8 Å². The Morgan fingerprint density at radius 1 is 0.950 bits per heavy atom. The molecule has 0 spiro atoms. The van der Waals surface area contributed by atoms with E-state index in [0.717, 1.165) is 46.5 Å². The lowest BCUT2D eigenvalue weighted by Gasteiger charge is -2.27. The number of nitrogens with zero attached hydrogens (tertiary/aromatic N) is 1. The molecule has 2 heterocycles. The van der Waals surface area contributed by atoms with E-state index in [1.165, 1.54) is 0 Å². The highest BCUT2D eigenvalue weighted by molar-refractivity contribution is 5.94. The van der Waals surface area contributed by atoms with E-state index in [4.69, 9.17) is 14.2 Å². The zero-order valence-electron chi connectivity index (χ0n) is 23.2. The maximum atomic E-state index is 13.5. The molecule has 8 heteroatoms. The zero-order valence-corrected chi connectivity index (χ0v) is 23.2. The molecule has 0 unspecified atom stereocenters. The number of aliphatic carboxylic acids is 1. The molecular weight excluding hydrogens is 508 g/mol. The molecule has 0 bridgehead atoms. The molecule has 8 nitrogen and oxygen atoms in total. The number of para-hydroxylation sites is 1. The number of carbonyl (C=O) groups excluding carboxylic acids is 1. The summed E-state index contributed by atoms with van der Waals surface area (Å²) < 4.78 is 16.7. The molecule has 0 aromatic heterocycles. The molecule has 210 valence electrons. The van der Waals surface area contributed by atoms with Crippen LogP contribution in [0.3, 0.4) is 0 Å². The number of aryl methyl sites for hydroxylation is 2. The van der Waals surface area contributed by atoms with Crippen LogP contribution in [0.4, 0.5) is 5.69 Å². The van der Waals surface area contributed by atoms with E-state index < -0.39 is 17.9 Å². The highest BCUT2D eigenvalue weighted by Crippen LogP contribution is 2.47. The van der Waals surface area contributed by atoms with Gasteiger partial charge in [-0.05, 0) is 66.3 Å². The third-order valence-electron chi connectivity index (χ3n) is 7.85. The fourth-order valence-corrected chi connectivity index (χ4v) is 5.97. The second-order valence-electron chi connectivity index (χ2n) is 10.2. The minimum Gasteiger partial charge on any atom is -0.494 e. The quantitative estimate of drug-likeness (QED) is 0.352. The zero-order chi connectivity index (χ0) is 28.2. The maximum absolute atomic E-state index is 13.5. The van der Waals surface area contributed by atoms with Crippen LogP contribution in [-0.4, -0.2) is 48.4 Å². The lowest BCUT2D eigenvalue weighted by molar-refractivity contribution is -0.143. The minimum atomic E-state index is -0.908. The lowest BCUT2D eigenvalue weighted by Crippen LogP contribution is -2.35. The molecule has 0 aliphatic carbocycles. The number of fused-ring (bicyclic) bond motifs is 1. The fraction of sp³-hybridized carbons (Fsp3) is 0.375. The molecule has 2 aliphatic rings. The molecule has 1 saturated heterocycles. The van der Waals surface area contributed by atoms with Gasteiger partial charge in [-0.3, -0.25) is 14.5 Å². The number of carboxylic acids is 1. The number of carboxylic acid groups (broad SMARTS) is 1. The molecule has 1 amide bonds. The molecule has 1 fully saturated rings. The first-order valence-electron chi connectivity index (χ1n) is 13.9. The van der Waals surface area contributed by atoms with Crippen LogP contribution in [0.1, 0.15) is 55.0 Å². The predicted molar refractivity (Wildman–Crippen MR) is 152 cm³/mol. The Morgan fingerprint density at radius 2 is 1.62 bits per heavy atom. The SMILES string of the molecule is CCOc1ccc([C@@H]2[C@@H](C(=O)O)[C@H](c3ccc4c(c3)OCO4)CN2CC(=O)Nc2c(CC)cccc2CC)cc1. The monoisotopic (exact) mass is 544 g/mol. The van der Waals surface area contributed by atoms with E-state index in [0.29, 0.717) is 24.7 Å². The van der Waals surface area contributed by atoms with Gasteiger partial charge in [-0.15, -0.1) is 0 Å². The summed E-state index contributed by atoms with van der Waals surface area (Å²) in [6.45, 7) is 7.20. The molecular formula is C32H36N2O6. The molecule has 2 aliphatic heterocycles. The first-order valence-corrected chi connectivity index (χ1v) is 13.9. The molecule has 40 heavy (non-hydrogen) atoms. The highest BCUT2D eigenvalue weighted by atomic mass is 16.7. The highest BCUT2D eigenvalue weighted by Gasteiger charge is 2.48. The summed E-state index contributed by atoms with van der Waals surface area (Å²) in [7, 11) is 0. The van der Waals surface area contributed by atoms with Crippen molar-refractivity contribution in [1.29, 1.82) is 0 Å². The number of hydrogen-bond acceptors (Lipinski definition) is 6. The Kier molecular flexibility index (Phi) is 8.26. The van der Waals surface area contributed by atoms with Crippen molar-refractivity contribution in [3.8, 4) is 17.2 Å². The molecule has 3 aromatic rings. The van der Waals surface area contributed by atoms with Gasteiger partial charge in [0, 0.05) is 24.2 Å². The van der Waals surface area contributed by atoms with Crippen molar-refractivity contribution in [2.24, 2.45) is 5.92 Å². The summed E-state index contributed by atoms with van der Waals surface area (Å²) in [5, 5.41) is 13.7. The number of nitrogens with one attached hydrogen (secondary N) is 1. The molecule has 5 rings (SSSR count). The Hall–Kier alpha value is -4.04. The third kappa shape index (κ3) is 5.49. The standard InChI is InChI=1S/C32H36N2O6/c1-4-20-8-7-9-21(5-2)30(20)33-28(35)18-34-17-25(23-12-15-26-27(16-23)40-19-39-26)29(32(36)37)31(34)22-10-13-24(14-11-22)38-6-3/h7-16,25,29,31H,4-6,17-19H2,1-3H3,(H,33,35)(H,36,37)/t25-,29-,31+/m0/s1. The third-order valence-corrected chi connectivity index (χ3v) is 7.85. The van der Waals surface area contributed by atoms with Crippen molar-refractivity contribution in [3.63, 3.8) is 0 Å². The number of likely N-dealkylation sites (tertiary alicyclic amines) is 1. The van der Waals surface area contributed by atoms with Gasteiger partial charge in [0.2, 0.25) is 12.7 Å². The van der Waals surface area contributed by atoms with Crippen LogP contribution in [0, 0.1) is 5.92 Å². The number of ether oxygens (including phenoxy) is 3. The first-order chi connectivity index (χ1) is 19.4. The Bertz CT molecular complexity index is 1350. The number of benzene rings is 3. The van der Waals surface area contributed by atoms with Crippen LogP contribution in [0.15, 0.2) is 60.7 Å². The average molecular weight is 545 g/mol. The number of carbonyl (C=O) groups is 2. The van der Waals surface area contributed by atoms with Crippen LogP contribution in [0.25, 0.3) is 0 Å². The lowest BCUT2D eigenvalue weighted by atomic mass is 9.82. The Balaban J connectivity index is 1.48. The fourth-order valence-electron chi connectivity index (χ4n) is 5.97. The van der Waals surface area contributed by atoms with E-state index >= 15 is 0 Å². The Morgan fingerprint density at radius 3 is 2.27 bits per heavy atom. The van der Waals surface area contributed by atoms with Crippen LogP contribution in [0.5, 0.6) is 17.2 Å². The largest absolute Gasteiger partial charge is 0.494 e. The van der Waals surface area contributed by atoms with Gasteiger partial charge in [-0.1, -0.05) is 50.2 Å². The van der Waals surface area contributed by atoms with Crippen LogP contribution in [0.2, 0.25) is 0 Å². The van der Waals surface area contributed by atoms with Crippen LogP contribution < -0.4 is 19.5 Å². The van der Waals surface area contributed by atoms with Crippen LogP contribution >= 0.6 is 0 Å². The summed E-state index contributed by atoms with van der Waals surface area (Å²) in [5.41, 5.74) is 4.70. The van der Waals surface area contributed by atoms with Gasteiger partial charge in [0.1, 0.15) is 5.75 Å². The summed E-state index contributed by atoms with van der Waals surface area (Å²) >= 11 is 0. The predicted octanol–water partition coefficient (Wildman–Crippen LogP) is 5.42. The molecule has 0 saturated carbocycles. The Labute approximate surface area is 234 Å². The van der Waals surface area contributed by atoms with E-state index in [-0.39, 0.29) is 25.2 Å². The minimum absolute atomic E-state index is 0.0594. The second kappa shape index (κ2) is 12.0. The van der Waals surface area contributed by atoms with E-state index in [2.05, 4.69) is 19.2 Å². The average Bonchev–Trinajstić information content (AvgIpc) is 3.58. The summed E-state index contributed by atoms with van der Waals surface area (Å²) in [6, 6.07) is 18.7. The number of anilines is 1. The van der Waals surface area contributed by atoms with Gasteiger partial charge >= 0.3 is 5.97 Å². The first kappa shape index (κ1) is 27.5. The van der Waals surface area contributed by atoms with Crippen molar-refractivity contribution in [2.45, 2.75) is 45.6 Å². The summed E-state index contributed by atoms with van der Waals surface area (Å²) in [5.74, 6) is -0.231. The smallest absolute Gasteiger partial charge is 0.309 e. The van der Waals surface area contributed by atoms with E-state index in [9.17, 15) is 14.7 Å². The maximum Gasteiger partial charge on any atom is 0.309 e. The summed E-state index contributed by atoms with van der Waals surface area (Å²) in [4.78, 5) is 28.4. The van der Waals surface area contributed by atoms with Crippen molar-refractivity contribution in [3.05, 3.63) is 82.9 Å². The topological polar surface area (TPSA) is 97.3 Å². The summed E-state index contributed by atoms with van der Waals surface area (Å²) in [6.07, 6.45) is 1.60. The number of hydrogen-bond donors (Lipinski definition) is 2. The van der Waals surface area contributed by atoms with Gasteiger partial charge in [0.15, 0.2) is 11.5 Å². The molecule has 2 N–H and O–H groups in total. The van der Waals surface area contributed by atoms with Crippen LogP contribution in [-0.2, 0) is 22.4 Å². The van der Waals surface area contributed by atoms with Crippen molar-refractivity contribution >= 4 is 17.6 Å². The van der Waals surface area contributed by atoms with Gasteiger partial charge in [-0.2, -0.15) is 0 Å². The van der Waals surface area contributed by atoms with Gasteiger partial charge in [-0.25, -0.2) is 0 Å². The van der Waals surface area contributed by atoms with Gasteiger partial charge in [0.05, 0.1) is 19.1 Å². The van der Waals surface area contributed by atoms with Gasteiger partial charge in [0.25, 0.3) is 0 Å². The van der Waals surface area contributed by atoms with E-state index in [1.807, 2.05) is 72.5 Å². The number of rotatable bonds is 10. The van der Waals surface area contributed by atoms with Gasteiger partial charge < -0.3 is 24.6 Å². The molecule has 3 atom stereocenters. The van der Waals surface area contributed by atoms with Crippen molar-refractivity contribution < 1.29 is 28.9 Å². The molecule has 3 aromatic carbocycles. The number of amides is 1. The van der Waals surface area contributed by atoms with E-state index in [1.54, 1.807) is 0 Å². The second-order valence-corrected chi connectivity index (χ2v) is 10.2.